The quantitative estimate of drug-likeness (QED) is 0.477. The summed E-state index contributed by atoms with van der Waals surface area (Å²) in [5.74, 6) is 1.75. The maximum absolute atomic E-state index is 11.7. The molecule has 1 saturated carbocycles. The highest BCUT2D eigenvalue weighted by atomic mass is 16.5. The highest BCUT2D eigenvalue weighted by molar-refractivity contribution is 5.80. The molecule has 154 valence electrons. The molecule has 0 bridgehead atoms. The van der Waals surface area contributed by atoms with Gasteiger partial charge in [0.25, 0.3) is 0 Å². The molecule has 28 heavy (non-hydrogen) atoms. The van der Waals surface area contributed by atoms with Gasteiger partial charge in [-0.15, -0.1) is 0 Å². The summed E-state index contributed by atoms with van der Waals surface area (Å²) in [5, 5.41) is 3.43. The summed E-state index contributed by atoms with van der Waals surface area (Å²) >= 11 is 0. The van der Waals surface area contributed by atoms with E-state index in [1.807, 2.05) is 0 Å². The number of ether oxygens (including phenoxy) is 2. The summed E-state index contributed by atoms with van der Waals surface area (Å²) in [4.78, 5) is 18.3. The third kappa shape index (κ3) is 5.63. The first-order valence-corrected chi connectivity index (χ1v) is 10.5. The molecule has 6 nitrogen and oxygen atoms in total. The van der Waals surface area contributed by atoms with Crippen LogP contribution < -0.4 is 10.1 Å². The molecule has 0 radical (unpaired) electrons. The number of benzene rings is 1. The van der Waals surface area contributed by atoms with Crippen LogP contribution in [0.2, 0.25) is 0 Å². The van der Waals surface area contributed by atoms with Crippen LogP contribution in [0.15, 0.2) is 29.3 Å². The van der Waals surface area contributed by atoms with Crippen molar-refractivity contribution in [3.8, 4) is 5.75 Å². The molecule has 3 rings (SSSR count). The molecule has 0 amide bonds. The topological polar surface area (TPSA) is 63.2 Å². The predicted molar refractivity (Wildman–Crippen MR) is 110 cm³/mol. The van der Waals surface area contributed by atoms with Gasteiger partial charge in [-0.1, -0.05) is 18.6 Å². The first-order chi connectivity index (χ1) is 13.7. The number of hydrogen-bond donors (Lipinski definition) is 1. The lowest BCUT2D eigenvalue weighted by Crippen LogP contribution is -2.46. The zero-order valence-electron chi connectivity index (χ0n) is 17.2. The van der Waals surface area contributed by atoms with Crippen LogP contribution in [0.3, 0.4) is 0 Å². The van der Waals surface area contributed by atoms with Crippen LogP contribution in [0.1, 0.15) is 50.5 Å². The smallest absolute Gasteiger partial charge is 0.308 e. The fourth-order valence-corrected chi connectivity index (χ4v) is 4.07. The van der Waals surface area contributed by atoms with Crippen molar-refractivity contribution in [2.45, 2.75) is 57.6 Å². The van der Waals surface area contributed by atoms with Gasteiger partial charge in [0, 0.05) is 26.7 Å². The molecule has 1 heterocycles. The molecular formula is C22H33N3O3. The van der Waals surface area contributed by atoms with Crippen molar-refractivity contribution >= 4 is 11.9 Å². The molecule has 1 aromatic rings. The Balaban J connectivity index is 1.45. The van der Waals surface area contributed by atoms with E-state index in [0.717, 1.165) is 37.6 Å². The van der Waals surface area contributed by atoms with Crippen LogP contribution in [-0.2, 0) is 16.1 Å². The van der Waals surface area contributed by atoms with Crippen molar-refractivity contribution in [2.75, 3.05) is 27.2 Å². The van der Waals surface area contributed by atoms with E-state index in [1.165, 1.54) is 44.8 Å². The lowest BCUT2D eigenvalue weighted by Gasteiger charge is -2.33. The van der Waals surface area contributed by atoms with Gasteiger partial charge < -0.3 is 19.7 Å². The fraction of sp³-hybridized carbons (Fsp3) is 0.636. The van der Waals surface area contributed by atoms with Crippen molar-refractivity contribution in [3.05, 3.63) is 29.8 Å². The Hall–Kier alpha value is -2.24. The third-order valence-electron chi connectivity index (χ3n) is 5.77. The zero-order valence-corrected chi connectivity index (χ0v) is 17.2. The van der Waals surface area contributed by atoms with Gasteiger partial charge in [0.1, 0.15) is 5.75 Å². The van der Waals surface area contributed by atoms with E-state index in [4.69, 9.17) is 9.47 Å². The number of nitrogens with zero attached hydrogens (tertiary/aromatic N) is 2. The Morgan fingerprint density at radius 2 is 1.79 bits per heavy atom. The second-order valence-corrected chi connectivity index (χ2v) is 7.71. The van der Waals surface area contributed by atoms with Gasteiger partial charge in [-0.2, -0.15) is 0 Å². The van der Waals surface area contributed by atoms with Crippen LogP contribution in [0.5, 0.6) is 5.75 Å². The number of likely N-dealkylation sites (tertiary alicyclic amines) is 1. The van der Waals surface area contributed by atoms with Gasteiger partial charge in [-0.25, -0.2) is 0 Å². The van der Waals surface area contributed by atoms with Crippen molar-refractivity contribution < 1.29 is 14.3 Å². The summed E-state index contributed by atoms with van der Waals surface area (Å²) < 4.78 is 11.0. The first-order valence-electron chi connectivity index (χ1n) is 10.5. The van der Waals surface area contributed by atoms with E-state index < -0.39 is 0 Å². The number of carbonyl (C=O) groups excluding carboxylic acids is 1. The van der Waals surface area contributed by atoms with E-state index in [1.54, 1.807) is 7.05 Å². The minimum atomic E-state index is -0.0990. The SMILES string of the molecule is CN=C(NCc1ccc(OC2CCCCC2)cc1)N1CCC(C(=O)OC)CC1. The summed E-state index contributed by atoms with van der Waals surface area (Å²) in [6.45, 7) is 2.34. The summed E-state index contributed by atoms with van der Waals surface area (Å²) in [5.41, 5.74) is 1.20. The van der Waals surface area contributed by atoms with Crippen LogP contribution in [0.25, 0.3) is 0 Å². The molecule has 6 heteroatoms. The number of hydrogen-bond acceptors (Lipinski definition) is 4. The van der Waals surface area contributed by atoms with E-state index in [0.29, 0.717) is 12.6 Å². The van der Waals surface area contributed by atoms with Crippen molar-refractivity contribution in [2.24, 2.45) is 10.9 Å². The Morgan fingerprint density at radius 1 is 1.11 bits per heavy atom. The molecule has 2 fully saturated rings. The van der Waals surface area contributed by atoms with Crippen LogP contribution in [0, 0.1) is 5.92 Å². The molecule has 1 saturated heterocycles. The van der Waals surface area contributed by atoms with E-state index >= 15 is 0 Å². The molecule has 1 aliphatic carbocycles. The van der Waals surface area contributed by atoms with Crippen molar-refractivity contribution in [1.29, 1.82) is 0 Å². The average molecular weight is 388 g/mol. The van der Waals surface area contributed by atoms with Crippen LogP contribution in [-0.4, -0.2) is 50.2 Å². The Morgan fingerprint density at radius 3 is 2.39 bits per heavy atom. The Bertz CT molecular complexity index is 645. The number of aliphatic imine (C=N–C) groups is 1. The van der Waals surface area contributed by atoms with Gasteiger partial charge in [0.15, 0.2) is 5.96 Å². The normalized spacial score (nSPS) is 19.4. The van der Waals surface area contributed by atoms with Gasteiger partial charge in [0.2, 0.25) is 0 Å². The number of rotatable bonds is 5. The largest absolute Gasteiger partial charge is 0.490 e. The molecule has 1 aliphatic heterocycles. The van der Waals surface area contributed by atoms with E-state index in [9.17, 15) is 4.79 Å². The number of guanidine groups is 1. The molecule has 0 spiro atoms. The monoisotopic (exact) mass is 387 g/mol. The number of piperidine rings is 1. The third-order valence-corrected chi connectivity index (χ3v) is 5.77. The zero-order chi connectivity index (χ0) is 19.8. The first kappa shape index (κ1) is 20.5. The maximum atomic E-state index is 11.7. The van der Waals surface area contributed by atoms with Crippen molar-refractivity contribution in [3.63, 3.8) is 0 Å². The molecule has 1 aromatic carbocycles. The van der Waals surface area contributed by atoms with Crippen molar-refractivity contribution in [1.82, 2.24) is 10.2 Å². The predicted octanol–water partition coefficient (Wildman–Crippen LogP) is 3.36. The minimum Gasteiger partial charge on any atom is -0.490 e. The molecule has 0 unspecified atom stereocenters. The van der Waals surface area contributed by atoms with Crippen LogP contribution >= 0.6 is 0 Å². The highest BCUT2D eigenvalue weighted by Crippen LogP contribution is 2.23. The molecule has 0 atom stereocenters. The maximum Gasteiger partial charge on any atom is 0.308 e. The van der Waals surface area contributed by atoms with Gasteiger partial charge in [0.05, 0.1) is 19.1 Å². The molecule has 0 aromatic heterocycles. The molecule has 2 aliphatic rings. The minimum absolute atomic E-state index is 0.0102. The summed E-state index contributed by atoms with van der Waals surface area (Å²) in [7, 11) is 3.26. The number of carbonyl (C=O) groups is 1. The Labute approximate surface area is 168 Å². The highest BCUT2D eigenvalue weighted by Gasteiger charge is 2.26. The van der Waals surface area contributed by atoms with Gasteiger partial charge in [-0.05, 0) is 56.2 Å². The summed E-state index contributed by atoms with van der Waals surface area (Å²) in [6, 6.07) is 8.36. The van der Waals surface area contributed by atoms with Gasteiger partial charge in [-0.3, -0.25) is 9.79 Å². The number of nitrogens with one attached hydrogen (secondary N) is 1. The number of esters is 1. The standard InChI is InChI=1S/C22H33N3O3/c1-23-22(25-14-12-18(13-15-25)21(26)27-2)24-16-17-8-10-20(11-9-17)28-19-6-4-3-5-7-19/h8-11,18-19H,3-7,12-16H2,1-2H3,(H,23,24). The lowest BCUT2D eigenvalue weighted by molar-refractivity contribution is -0.146. The van der Waals surface area contributed by atoms with Gasteiger partial charge >= 0.3 is 5.97 Å². The van der Waals surface area contributed by atoms with E-state index in [-0.39, 0.29) is 11.9 Å². The van der Waals surface area contributed by atoms with E-state index in [2.05, 4.69) is 39.5 Å². The summed E-state index contributed by atoms with van der Waals surface area (Å²) in [6.07, 6.45) is 8.24. The second kappa shape index (κ2) is 10.3. The molecular weight excluding hydrogens is 354 g/mol. The lowest BCUT2D eigenvalue weighted by atomic mass is 9.97. The molecule has 1 N–H and O–H groups in total. The number of methoxy groups -OCH3 is 1. The average Bonchev–Trinajstić information content (AvgIpc) is 2.76. The fourth-order valence-electron chi connectivity index (χ4n) is 4.07. The van der Waals surface area contributed by atoms with Crippen LogP contribution in [0.4, 0.5) is 0 Å². The second-order valence-electron chi connectivity index (χ2n) is 7.71. The Kier molecular flexibility index (Phi) is 7.57.